The van der Waals surface area contributed by atoms with E-state index in [1.807, 2.05) is 64.1 Å². The lowest BCUT2D eigenvalue weighted by Crippen LogP contribution is -2.15. The summed E-state index contributed by atoms with van der Waals surface area (Å²) in [4.78, 5) is 0. The molecule has 0 bridgehead atoms. The molecule has 0 aliphatic heterocycles. The summed E-state index contributed by atoms with van der Waals surface area (Å²) in [6, 6.07) is 16.9. The summed E-state index contributed by atoms with van der Waals surface area (Å²) in [5, 5.41) is 2.37. The molecule has 0 saturated carbocycles. The van der Waals surface area contributed by atoms with Crippen molar-refractivity contribution in [2.75, 3.05) is 0 Å². The second-order valence-corrected chi connectivity index (χ2v) is 13.4. The van der Waals surface area contributed by atoms with Gasteiger partial charge >= 0.3 is 0 Å². The van der Waals surface area contributed by atoms with Gasteiger partial charge in [0.1, 0.15) is 5.82 Å². The quantitative estimate of drug-likeness (QED) is 0.253. The predicted octanol–water partition coefficient (Wildman–Crippen LogP) is 12.3. The van der Waals surface area contributed by atoms with Gasteiger partial charge in [-0.2, -0.15) is 0 Å². The number of halogens is 4. The molecule has 4 heteroatoms. The first-order valence-corrected chi connectivity index (χ1v) is 13.4. The van der Waals surface area contributed by atoms with Crippen LogP contribution < -0.4 is 0 Å². The summed E-state index contributed by atoms with van der Waals surface area (Å²) in [5.41, 5.74) is 5.45. The van der Waals surface area contributed by atoms with Gasteiger partial charge in [-0.3, -0.25) is 0 Å². The molecular weight excluding hydrogens is 522 g/mol. The highest BCUT2D eigenvalue weighted by Crippen LogP contribution is 2.35. The third-order valence-corrected chi connectivity index (χ3v) is 6.60. The second kappa shape index (κ2) is 14.0. The van der Waals surface area contributed by atoms with E-state index in [0.29, 0.717) is 0 Å². The van der Waals surface area contributed by atoms with Gasteiger partial charge in [0.15, 0.2) is 0 Å². The van der Waals surface area contributed by atoms with Crippen molar-refractivity contribution in [3.8, 4) is 0 Å². The van der Waals surface area contributed by atoms with Gasteiger partial charge in [0.2, 0.25) is 0 Å². The number of hydrogen-bond donors (Lipinski definition) is 0. The third-order valence-electron chi connectivity index (χ3n) is 5.66. The van der Waals surface area contributed by atoms with Gasteiger partial charge in [0.05, 0.1) is 0 Å². The highest BCUT2D eigenvalue weighted by Gasteiger charge is 2.21. The van der Waals surface area contributed by atoms with Crippen LogP contribution in [0.5, 0.6) is 0 Å². The van der Waals surface area contributed by atoms with Crippen LogP contribution in [0.2, 0.25) is 15.1 Å². The number of aryl methyl sites for hydroxylation is 2. The van der Waals surface area contributed by atoms with Crippen LogP contribution in [0.15, 0.2) is 54.6 Å². The molecule has 0 fully saturated rings. The molecule has 3 aromatic carbocycles. The lowest BCUT2D eigenvalue weighted by Gasteiger charge is -2.22. The van der Waals surface area contributed by atoms with Crippen LogP contribution in [-0.2, 0) is 16.2 Å². The van der Waals surface area contributed by atoms with Gasteiger partial charge in [0, 0.05) is 15.1 Å². The highest BCUT2D eigenvalue weighted by molar-refractivity contribution is 6.36. The van der Waals surface area contributed by atoms with Crippen LogP contribution in [0.4, 0.5) is 4.39 Å². The van der Waals surface area contributed by atoms with Crippen LogP contribution in [0, 0.1) is 19.7 Å². The van der Waals surface area contributed by atoms with E-state index in [0.717, 1.165) is 31.8 Å². The van der Waals surface area contributed by atoms with Gasteiger partial charge in [-0.1, -0.05) is 135 Å². The Hall–Kier alpha value is -1.54. The molecule has 0 unspecified atom stereocenters. The average Bonchev–Trinajstić information content (AvgIpc) is 2.65. The Morgan fingerprint density at radius 1 is 0.486 bits per heavy atom. The zero-order chi connectivity index (χ0) is 28.1. The molecule has 3 rings (SSSR count). The van der Waals surface area contributed by atoms with Crippen molar-refractivity contribution < 1.29 is 4.39 Å². The van der Waals surface area contributed by atoms with E-state index in [-0.39, 0.29) is 29.5 Å². The van der Waals surface area contributed by atoms with Crippen LogP contribution in [0.25, 0.3) is 0 Å². The van der Waals surface area contributed by atoms with Gasteiger partial charge in [-0.25, -0.2) is 4.39 Å². The van der Waals surface area contributed by atoms with E-state index in [1.54, 1.807) is 6.07 Å². The molecule has 0 atom stereocenters. The first-order chi connectivity index (χ1) is 16.3. The van der Waals surface area contributed by atoms with E-state index in [1.165, 1.54) is 17.2 Å². The molecule has 37 heavy (non-hydrogen) atoms. The first-order valence-electron chi connectivity index (χ1n) is 12.2. The van der Waals surface area contributed by atoms with E-state index in [4.69, 9.17) is 34.8 Å². The SMILES string of the molecule is C.CC(C)(C)c1c(Cl)cccc1Cl.Cc1cccc(Cl)c1C(C)(C)C.Cc1cccc(F)c1C(C)(C)C. The Morgan fingerprint density at radius 2 is 0.784 bits per heavy atom. The fourth-order valence-corrected chi connectivity index (χ4v) is 5.85. The summed E-state index contributed by atoms with van der Waals surface area (Å²) in [7, 11) is 0. The lowest BCUT2D eigenvalue weighted by molar-refractivity contribution is 0.519. The highest BCUT2D eigenvalue weighted by atomic mass is 35.5. The zero-order valence-corrected chi connectivity index (χ0v) is 26.0. The number of hydrogen-bond acceptors (Lipinski definition) is 0. The van der Waals surface area contributed by atoms with Gasteiger partial charge in [0.25, 0.3) is 0 Å². The number of benzene rings is 3. The Kier molecular flexibility index (Phi) is 13.4. The molecule has 3 aromatic rings. The second-order valence-electron chi connectivity index (χ2n) is 12.2. The van der Waals surface area contributed by atoms with E-state index < -0.39 is 0 Å². The topological polar surface area (TPSA) is 0 Å². The lowest BCUT2D eigenvalue weighted by atomic mass is 9.84. The maximum absolute atomic E-state index is 13.3. The monoisotopic (exact) mass is 566 g/mol. The zero-order valence-electron chi connectivity index (χ0n) is 23.7. The molecule has 0 heterocycles. The van der Waals surface area contributed by atoms with E-state index in [2.05, 4.69) is 54.5 Å². The van der Waals surface area contributed by atoms with Crippen LogP contribution in [0.3, 0.4) is 0 Å². The maximum atomic E-state index is 13.3. The minimum Gasteiger partial charge on any atom is -0.207 e. The smallest absolute Gasteiger partial charge is 0.127 e. The Balaban J connectivity index is 0.000000518. The molecule has 206 valence electrons. The van der Waals surface area contributed by atoms with Gasteiger partial charge in [-0.05, 0) is 82.2 Å². The minimum absolute atomic E-state index is 0. The van der Waals surface area contributed by atoms with Crippen molar-refractivity contribution in [1.82, 2.24) is 0 Å². The van der Waals surface area contributed by atoms with Gasteiger partial charge < -0.3 is 0 Å². The fraction of sp³-hybridized carbons (Fsp3) is 0.455. The number of rotatable bonds is 0. The third kappa shape index (κ3) is 10.6. The Morgan fingerprint density at radius 3 is 1.03 bits per heavy atom. The summed E-state index contributed by atoms with van der Waals surface area (Å²) in [6.07, 6.45) is 0. The van der Waals surface area contributed by atoms with Crippen LogP contribution in [-0.4, -0.2) is 0 Å². The Labute approximate surface area is 241 Å². The standard InChI is InChI=1S/C11H15Cl.C11H15F.C10H12Cl2.CH4/c2*1-8-6-5-7-9(12)10(8)11(2,3)4;1-10(2,3)9-7(11)5-4-6-8(9)12;/h2*5-7H,1-4H3;4-6H,1-3H3;1H4. The van der Waals surface area contributed by atoms with E-state index in [9.17, 15) is 4.39 Å². The fourth-order valence-electron chi connectivity index (χ4n) is 4.38. The molecule has 0 amide bonds. The van der Waals surface area contributed by atoms with Crippen molar-refractivity contribution in [3.63, 3.8) is 0 Å². The predicted molar refractivity (Wildman–Crippen MR) is 167 cm³/mol. The summed E-state index contributed by atoms with van der Waals surface area (Å²) >= 11 is 18.2. The molecule has 0 radical (unpaired) electrons. The Bertz CT molecular complexity index is 937. The molecule has 0 aromatic heterocycles. The first kappa shape index (κ1) is 35.5. The van der Waals surface area contributed by atoms with Crippen molar-refractivity contribution in [2.45, 2.75) is 99.8 Å². The van der Waals surface area contributed by atoms with Crippen LogP contribution >= 0.6 is 34.8 Å². The molecule has 0 N–H and O–H groups in total. The van der Waals surface area contributed by atoms with Crippen molar-refractivity contribution in [1.29, 1.82) is 0 Å². The molecule has 0 spiro atoms. The van der Waals surface area contributed by atoms with Crippen LogP contribution in [0.1, 0.15) is 97.6 Å². The average molecular weight is 568 g/mol. The summed E-state index contributed by atoms with van der Waals surface area (Å²) < 4.78 is 13.3. The molecule has 0 aliphatic carbocycles. The van der Waals surface area contributed by atoms with Gasteiger partial charge in [-0.15, -0.1) is 0 Å². The minimum atomic E-state index is -0.102. The molecule has 0 nitrogen and oxygen atoms in total. The van der Waals surface area contributed by atoms with Crippen molar-refractivity contribution in [2.24, 2.45) is 0 Å². The van der Waals surface area contributed by atoms with Crippen molar-refractivity contribution in [3.05, 3.63) is 103 Å². The summed E-state index contributed by atoms with van der Waals surface area (Å²) in [6.45, 7) is 23.0. The maximum Gasteiger partial charge on any atom is 0.127 e. The largest absolute Gasteiger partial charge is 0.207 e. The molecule has 0 aliphatic rings. The van der Waals surface area contributed by atoms with E-state index >= 15 is 0 Å². The normalized spacial score (nSPS) is 11.4. The molecular formula is C33H46Cl3F. The molecule has 0 saturated heterocycles. The van der Waals surface area contributed by atoms with Crippen molar-refractivity contribution >= 4 is 34.8 Å². The summed E-state index contributed by atoms with van der Waals surface area (Å²) in [5.74, 6) is -0.0949.